The Balaban J connectivity index is 1.35. The summed E-state index contributed by atoms with van der Waals surface area (Å²) in [7, 11) is 0. The number of nitrogens with zero attached hydrogens (tertiary/aromatic N) is 3. The van der Waals surface area contributed by atoms with Crippen LogP contribution in [0.15, 0.2) is 70.6 Å². The molecule has 0 saturated carbocycles. The molecule has 8 nitrogen and oxygen atoms in total. The highest BCUT2D eigenvalue weighted by Gasteiger charge is 2.17. The summed E-state index contributed by atoms with van der Waals surface area (Å²) in [6.45, 7) is 0.0126. The molecular formula is C23H16Cl4N5O3S+. The summed E-state index contributed by atoms with van der Waals surface area (Å²) in [6, 6.07) is 13.5. The van der Waals surface area contributed by atoms with Crippen LogP contribution in [0.3, 0.4) is 0 Å². The van der Waals surface area contributed by atoms with Crippen molar-refractivity contribution in [1.82, 2.24) is 10.2 Å². The van der Waals surface area contributed by atoms with Crippen molar-refractivity contribution < 1.29 is 18.6 Å². The number of carbonyl (C=O) groups excluding carboxylic acids is 2. The van der Waals surface area contributed by atoms with E-state index in [9.17, 15) is 9.59 Å². The average Bonchev–Trinajstić information content (AvgIpc) is 3.33. The van der Waals surface area contributed by atoms with E-state index < -0.39 is 0 Å². The maximum absolute atomic E-state index is 12.5. The molecule has 184 valence electrons. The summed E-state index contributed by atoms with van der Waals surface area (Å²) in [5.41, 5.74) is 1.43. The molecular weight excluding hydrogens is 568 g/mol. The second kappa shape index (κ2) is 11.9. The van der Waals surface area contributed by atoms with Crippen LogP contribution >= 0.6 is 58.2 Å². The third kappa shape index (κ3) is 6.68. The average molecular weight is 584 g/mol. The van der Waals surface area contributed by atoms with Crippen LogP contribution in [0.4, 0.5) is 11.4 Å². The van der Waals surface area contributed by atoms with E-state index in [1.54, 1.807) is 65.5 Å². The summed E-state index contributed by atoms with van der Waals surface area (Å²) in [6.07, 6.45) is 3.41. The molecule has 4 aromatic rings. The van der Waals surface area contributed by atoms with E-state index in [1.165, 1.54) is 0 Å². The van der Waals surface area contributed by atoms with Crippen molar-refractivity contribution in [2.24, 2.45) is 0 Å². The van der Waals surface area contributed by atoms with E-state index in [0.717, 1.165) is 11.8 Å². The molecule has 2 N–H and O–H groups in total. The Morgan fingerprint density at radius 2 is 1.50 bits per heavy atom. The Kier molecular flexibility index (Phi) is 8.71. The fourth-order valence-electron chi connectivity index (χ4n) is 3.00. The van der Waals surface area contributed by atoms with Gasteiger partial charge in [0.25, 0.3) is 17.0 Å². The lowest BCUT2D eigenvalue weighted by Gasteiger charge is -2.07. The van der Waals surface area contributed by atoms with Crippen LogP contribution in [0.1, 0.15) is 0 Å². The third-order valence-electron chi connectivity index (χ3n) is 4.62. The summed E-state index contributed by atoms with van der Waals surface area (Å²) >= 11 is 25.2. The van der Waals surface area contributed by atoms with Crippen LogP contribution in [-0.2, 0) is 16.1 Å². The molecule has 4 rings (SSSR count). The quantitative estimate of drug-likeness (QED) is 0.195. The monoisotopic (exact) mass is 582 g/mol. The highest BCUT2D eigenvalue weighted by molar-refractivity contribution is 7.99. The number of hydrogen-bond acceptors (Lipinski definition) is 6. The van der Waals surface area contributed by atoms with Crippen molar-refractivity contribution in [1.29, 1.82) is 0 Å². The molecule has 0 radical (unpaired) electrons. The zero-order chi connectivity index (χ0) is 25.7. The molecule has 0 aliphatic rings. The van der Waals surface area contributed by atoms with E-state index in [4.69, 9.17) is 50.8 Å². The molecule has 2 heterocycles. The SMILES string of the molecule is O=C(CSc1nnc(-c2ccc[n+](CC(=O)Nc3cccc(Cl)c3Cl)c2)o1)Nc1cccc(Cl)c1Cl. The van der Waals surface area contributed by atoms with Crippen molar-refractivity contribution >= 4 is 81.4 Å². The Morgan fingerprint density at radius 3 is 2.17 bits per heavy atom. The van der Waals surface area contributed by atoms with Crippen LogP contribution in [-0.4, -0.2) is 27.8 Å². The smallest absolute Gasteiger partial charge is 0.290 e. The molecule has 0 saturated heterocycles. The van der Waals surface area contributed by atoms with E-state index in [-0.39, 0.29) is 45.3 Å². The minimum absolute atomic E-state index is 0.0126. The van der Waals surface area contributed by atoms with Crippen molar-refractivity contribution in [3.8, 4) is 11.5 Å². The Morgan fingerprint density at radius 1 is 0.861 bits per heavy atom. The Hall–Kier alpha value is -2.82. The number of anilines is 2. The van der Waals surface area contributed by atoms with Crippen LogP contribution in [0.25, 0.3) is 11.5 Å². The van der Waals surface area contributed by atoms with Gasteiger partial charge >= 0.3 is 0 Å². The van der Waals surface area contributed by atoms with Gasteiger partial charge in [0.2, 0.25) is 12.5 Å². The van der Waals surface area contributed by atoms with Crippen LogP contribution < -0.4 is 15.2 Å². The van der Waals surface area contributed by atoms with Gasteiger partial charge in [-0.3, -0.25) is 9.59 Å². The molecule has 0 atom stereocenters. The predicted octanol–water partition coefficient (Wildman–Crippen LogP) is 6.01. The number of thioether (sulfide) groups is 1. The molecule has 0 fully saturated rings. The number of hydrogen-bond donors (Lipinski definition) is 2. The number of halogens is 4. The van der Waals surface area contributed by atoms with Gasteiger partial charge in [-0.05, 0) is 30.3 Å². The second-order valence-corrected chi connectivity index (χ2v) is 9.72. The molecule has 0 aliphatic heterocycles. The fourth-order valence-corrected chi connectivity index (χ4v) is 4.26. The summed E-state index contributed by atoms with van der Waals surface area (Å²) < 4.78 is 7.32. The van der Waals surface area contributed by atoms with Crippen molar-refractivity contribution in [2.45, 2.75) is 11.8 Å². The van der Waals surface area contributed by atoms with Crippen LogP contribution in [0.2, 0.25) is 20.1 Å². The summed E-state index contributed by atoms with van der Waals surface area (Å²) in [4.78, 5) is 24.7. The van der Waals surface area contributed by atoms with Gasteiger partial charge in [-0.2, -0.15) is 4.57 Å². The lowest BCUT2D eigenvalue weighted by Crippen LogP contribution is -2.39. The lowest BCUT2D eigenvalue weighted by atomic mass is 10.3. The van der Waals surface area contributed by atoms with Gasteiger partial charge < -0.3 is 15.1 Å². The largest absolute Gasteiger partial charge is 0.411 e. The second-order valence-electron chi connectivity index (χ2n) is 7.23. The number of benzene rings is 2. The highest BCUT2D eigenvalue weighted by Crippen LogP contribution is 2.30. The van der Waals surface area contributed by atoms with E-state index in [2.05, 4.69) is 20.8 Å². The molecule has 36 heavy (non-hydrogen) atoms. The van der Waals surface area contributed by atoms with Gasteiger partial charge in [0.05, 0.1) is 37.2 Å². The summed E-state index contributed by atoms with van der Waals surface area (Å²) in [5.74, 6) is -0.351. The zero-order valence-electron chi connectivity index (χ0n) is 18.2. The number of carbonyl (C=O) groups is 2. The number of amides is 2. The van der Waals surface area contributed by atoms with Crippen LogP contribution in [0, 0.1) is 0 Å². The van der Waals surface area contributed by atoms with Gasteiger partial charge in [0, 0.05) is 6.07 Å². The van der Waals surface area contributed by atoms with E-state index in [1.807, 2.05) is 0 Å². The zero-order valence-corrected chi connectivity index (χ0v) is 22.0. The molecule has 2 amide bonds. The Labute approximate surface area is 229 Å². The van der Waals surface area contributed by atoms with Gasteiger partial charge in [0.15, 0.2) is 12.4 Å². The molecule has 2 aromatic heterocycles. The van der Waals surface area contributed by atoms with Gasteiger partial charge in [0.1, 0.15) is 5.56 Å². The number of rotatable bonds is 8. The lowest BCUT2D eigenvalue weighted by molar-refractivity contribution is -0.683. The minimum atomic E-state index is -0.313. The first-order valence-electron chi connectivity index (χ1n) is 10.2. The van der Waals surface area contributed by atoms with Gasteiger partial charge in [-0.15, -0.1) is 10.2 Å². The normalized spacial score (nSPS) is 10.8. The van der Waals surface area contributed by atoms with Gasteiger partial charge in [-0.25, -0.2) is 0 Å². The number of pyridine rings is 1. The standard InChI is InChI=1S/C23H15Cl4N5O3S/c24-14-5-1-7-16(20(14)26)28-18(33)11-32-9-3-4-13(10-32)22-30-31-23(35-22)36-12-19(34)29-17-8-2-6-15(25)21(17)27/h1-10H,11-12H2,(H-,28,29,33,34)/p+1. The van der Waals surface area contributed by atoms with Crippen molar-refractivity contribution in [3.63, 3.8) is 0 Å². The molecule has 13 heteroatoms. The predicted molar refractivity (Wildman–Crippen MR) is 141 cm³/mol. The number of aromatic nitrogens is 3. The van der Waals surface area contributed by atoms with E-state index >= 15 is 0 Å². The summed E-state index contributed by atoms with van der Waals surface area (Å²) in [5, 5.41) is 14.8. The molecule has 0 unspecified atom stereocenters. The molecule has 0 spiro atoms. The fraction of sp³-hybridized carbons (Fsp3) is 0.0870. The maximum Gasteiger partial charge on any atom is 0.290 e. The topological polar surface area (TPSA) is 101 Å². The Bertz CT molecular complexity index is 1430. The molecule has 0 aliphatic carbocycles. The molecule has 0 bridgehead atoms. The molecule has 2 aromatic carbocycles. The van der Waals surface area contributed by atoms with Crippen molar-refractivity contribution in [3.05, 3.63) is 81.0 Å². The third-order valence-corrected chi connectivity index (χ3v) is 7.07. The first-order valence-corrected chi connectivity index (χ1v) is 12.7. The highest BCUT2D eigenvalue weighted by atomic mass is 35.5. The first-order chi connectivity index (χ1) is 17.3. The first kappa shape index (κ1) is 26.2. The van der Waals surface area contributed by atoms with Crippen LogP contribution in [0.5, 0.6) is 0 Å². The minimum Gasteiger partial charge on any atom is -0.411 e. The number of nitrogens with one attached hydrogen (secondary N) is 2. The van der Waals surface area contributed by atoms with Gasteiger partial charge in [-0.1, -0.05) is 70.3 Å². The maximum atomic E-state index is 12.5. The van der Waals surface area contributed by atoms with E-state index in [0.29, 0.717) is 27.0 Å². The van der Waals surface area contributed by atoms with Crippen molar-refractivity contribution in [2.75, 3.05) is 16.4 Å².